The molecule has 0 aliphatic carbocycles. The summed E-state index contributed by atoms with van der Waals surface area (Å²) in [6.07, 6.45) is 8.24. The molecule has 0 amide bonds. The maximum absolute atomic E-state index is 5.58. The van der Waals surface area contributed by atoms with E-state index in [0.717, 1.165) is 23.5 Å². The zero-order chi connectivity index (χ0) is 12.8. The Morgan fingerprint density at radius 3 is 2.72 bits per heavy atom. The molecule has 2 rings (SSSR count). The second-order valence-electron chi connectivity index (χ2n) is 4.20. The van der Waals surface area contributed by atoms with E-state index >= 15 is 0 Å². The second kappa shape index (κ2) is 6.22. The van der Waals surface area contributed by atoms with Gasteiger partial charge in [0.25, 0.3) is 0 Å². The van der Waals surface area contributed by atoms with Gasteiger partial charge in [0, 0.05) is 0 Å². The summed E-state index contributed by atoms with van der Waals surface area (Å²) < 4.78 is 10.7. The van der Waals surface area contributed by atoms with Crippen LogP contribution in [0.1, 0.15) is 12.5 Å². The zero-order valence-corrected chi connectivity index (χ0v) is 10.6. The van der Waals surface area contributed by atoms with Gasteiger partial charge in [-0.1, -0.05) is 43.0 Å². The number of epoxide rings is 1. The first-order chi connectivity index (χ1) is 8.79. The highest BCUT2D eigenvalue weighted by Gasteiger charge is 2.22. The van der Waals surface area contributed by atoms with Crippen molar-refractivity contribution in [3.05, 3.63) is 60.7 Å². The molecule has 18 heavy (non-hydrogen) atoms. The summed E-state index contributed by atoms with van der Waals surface area (Å²) in [6.45, 7) is 7.48. The SMILES string of the molecule is C=C(/C=C\C=C/C)c1ccc(OCC2CO2)cc1. The van der Waals surface area contributed by atoms with Gasteiger partial charge < -0.3 is 9.47 Å². The molecule has 0 saturated carbocycles. The largest absolute Gasteiger partial charge is 0.491 e. The van der Waals surface area contributed by atoms with Crippen LogP contribution in [0.5, 0.6) is 5.75 Å². The maximum atomic E-state index is 5.58. The minimum atomic E-state index is 0.295. The Labute approximate surface area is 108 Å². The molecule has 0 aromatic heterocycles. The van der Waals surface area contributed by atoms with Crippen LogP contribution in [0.2, 0.25) is 0 Å². The molecule has 2 heteroatoms. The van der Waals surface area contributed by atoms with Gasteiger partial charge in [-0.05, 0) is 30.2 Å². The smallest absolute Gasteiger partial charge is 0.119 e. The molecular formula is C16H18O2. The Kier molecular flexibility index (Phi) is 4.37. The summed E-state index contributed by atoms with van der Waals surface area (Å²) >= 11 is 0. The van der Waals surface area contributed by atoms with Gasteiger partial charge in [0.1, 0.15) is 18.5 Å². The van der Waals surface area contributed by atoms with Gasteiger partial charge in [-0.3, -0.25) is 0 Å². The van der Waals surface area contributed by atoms with Crippen LogP contribution in [0.25, 0.3) is 5.57 Å². The molecule has 1 aliphatic rings. The number of benzene rings is 1. The van der Waals surface area contributed by atoms with Crippen molar-refractivity contribution in [3.63, 3.8) is 0 Å². The summed E-state index contributed by atoms with van der Waals surface area (Å²) in [5, 5.41) is 0. The van der Waals surface area contributed by atoms with Crippen LogP contribution in [0.15, 0.2) is 55.1 Å². The van der Waals surface area contributed by atoms with E-state index in [1.807, 2.05) is 55.5 Å². The highest BCUT2D eigenvalue weighted by molar-refractivity contribution is 5.72. The first-order valence-electron chi connectivity index (χ1n) is 6.12. The van der Waals surface area contributed by atoms with E-state index in [-0.39, 0.29) is 0 Å². The van der Waals surface area contributed by atoms with E-state index in [4.69, 9.17) is 9.47 Å². The normalized spacial score (nSPS) is 18.4. The standard InChI is InChI=1S/C16H18O2/c1-3-4-5-6-13(2)14-7-9-15(10-8-14)17-11-16-12-18-16/h3-10,16H,2,11-12H2,1H3/b4-3-,6-5-. The van der Waals surface area contributed by atoms with E-state index in [1.54, 1.807) is 0 Å². The monoisotopic (exact) mass is 242 g/mol. The number of ether oxygens (including phenoxy) is 2. The predicted octanol–water partition coefficient (Wildman–Crippen LogP) is 3.61. The van der Waals surface area contributed by atoms with Crippen molar-refractivity contribution in [2.75, 3.05) is 13.2 Å². The third-order valence-corrected chi connectivity index (χ3v) is 2.66. The van der Waals surface area contributed by atoms with Crippen molar-refractivity contribution in [3.8, 4) is 5.75 Å². The van der Waals surface area contributed by atoms with Crippen LogP contribution < -0.4 is 4.74 Å². The summed E-state index contributed by atoms with van der Waals surface area (Å²) in [5.41, 5.74) is 2.09. The Morgan fingerprint density at radius 2 is 2.11 bits per heavy atom. The summed E-state index contributed by atoms with van der Waals surface area (Å²) in [4.78, 5) is 0. The molecule has 1 saturated heterocycles. The summed E-state index contributed by atoms with van der Waals surface area (Å²) in [5.74, 6) is 0.875. The van der Waals surface area contributed by atoms with Gasteiger partial charge in [0.15, 0.2) is 0 Å². The molecule has 0 spiro atoms. The molecule has 1 aliphatic heterocycles. The second-order valence-corrected chi connectivity index (χ2v) is 4.20. The fourth-order valence-electron chi connectivity index (χ4n) is 1.50. The van der Waals surface area contributed by atoms with Gasteiger partial charge in [-0.15, -0.1) is 0 Å². The lowest BCUT2D eigenvalue weighted by atomic mass is 10.1. The molecule has 1 heterocycles. The van der Waals surface area contributed by atoms with Crippen LogP contribution in [-0.4, -0.2) is 19.3 Å². The molecule has 94 valence electrons. The third kappa shape index (κ3) is 3.90. The van der Waals surface area contributed by atoms with Gasteiger partial charge in [-0.25, -0.2) is 0 Å². The lowest BCUT2D eigenvalue weighted by Gasteiger charge is -2.05. The fraction of sp³-hybridized carbons (Fsp3) is 0.250. The van der Waals surface area contributed by atoms with Gasteiger partial charge in [0.2, 0.25) is 0 Å². The Morgan fingerprint density at radius 1 is 1.39 bits per heavy atom. The average molecular weight is 242 g/mol. The molecule has 1 fully saturated rings. The van der Waals surface area contributed by atoms with Crippen molar-refractivity contribution in [2.24, 2.45) is 0 Å². The van der Waals surface area contributed by atoms with Gasteiger partial charge in [0.05, 0.1) is 6.61 Å². The van der Waals surface area contributed by atoms with Crippen LogP contribution >= 0.6 is 0 Å². The van der Waals surface area contributed by atoms with Crippen molar-refractivity contribution in [2.45, 2.75) is 13.0 Å². The fourth-order valence-corrected chi connectivity index (χ4v) is 1.50. The van der Waals surface area contributed by atoms with E-state index in [9.17, 15) is 0 Å². The average Bonchev–Trinajstić information content (AvgIpc) is 3.21. The van der Waals surface area contributed by atoms with Crippen LogP contribution in [0, 0.1) is 0 Å². The number of hydrogen-bond acceptors (Lipinski definition) is 2. The van der Waals surface area contributed by atoms with E-state index in [2.05, 4.69) is 6.58 Å². The maximum Gasteiger partial charge on any atom is 0.119 e. The Balaban J connectivity index is 1.91. The first-order valence-corrected chi connectivity index (χ1v) is 6.12. The Bertz CT molecular complexity index is 450. The summed E-state index contributed by atoms with van der Waals surface area (Å²) in [6, 6.07) is 7.97. The molecule has 1 atom stereocenters. The van der Waals surface area contributed by atoms with Crippen LogP contribution in [0.4, 0.5) is 0 Å². The Hall–Kier alpha value is -1.80. The number of hydrogen-bond donors (Lipinski definition) is 0. The van der Waals surface area contributed by atoms with E-state index in [1.165, 1.54) is 0 Å². The lowest BCUT2D eigenvalue weighted by molar-refractivity contribution is 0.263. The third-order valence-electron chi connectivity index (χ3n) is 2.66. The number of rotatable bonds is 6. The molecule has 0 N–H and O–H groups in total. The molecule has 0 radical (unpaired) electrons. The van der Waals surface area contributed by atoms with Crippen molar-refractivity contribution in [1.82, 2.24) is 0 Å². The van der Waals surface area contributed by atoms with Gasteiger partial charge >= 0.3 is 0 Å². The zero-order valence-electron chi connectivity index (χ0n) is 10.6. The highest BCUT2D eigenvalue weighted by Crippen LogP contribution is 2.19. The molecule has 1 aromatic carbocycles. The molecule has 0 bridgehead atoms. The predicted molar refractivity (Wildman–Crippen MR) is 74.7 cm³/mol. The first kappa shape index (κ1) is 12.7. The number of allylic oxidation sites excluding steroid dienone is 5. The van der Waals surface area contributed by atoms with Crippen LogP contribution in [0.3, 0.4) is 0 Å². The van der Waals surface area contributed by atoms with Crippen molar-refractivity contribution >= 4 is 5.57 Å². The molecule has 1 aromatic rings. The molecule has 1 unspecified atom stereocenters. The van der Waals surface area contributed by atoms with Crippen LogP contribution in [-0.2, 0) is 4.74 Å². The highest BCUT2D eigenvalue weighted by atomic mass is 16.6. The lowest BCUT2D eigenvalue weighted by Crippen LogP contribution is -2.03. The molecular weight excluding hydrogens is 224 g/mol. The minimum Gasteiger partial charge on any atom is -0.491 e. The van der Waals surface area contributed by atoms with E-state index in [0.29, 0.717) is 12.7 Å². The minimum absolute atomic E-state index is 0.295. The van der Waals surface area contributed by atoms with Gasteiger partial charge in [-0.2, -0.15) is 0 Å². The quantitative estimate of drug-likeness (QED) is 0.561. The van der Waals surface area contributed by atoms with Crippen molar-refractivity contribution in [1.29, 1.82) is 0 Å². The van der Waals surface area contributed by atoms with Crippen molar-refractivity contribution < 1.29 is 9.47 Å². The van der Waals surface area contributed by atoms with E-state index < -0.39 is 0 Å². The molecule has 2 nitrogen and oxygen atoms in total. The topological polar surface area (TPSA) is 21.8 Å². The summed E-state index contributed by atoms with van der Waals surface area (Å²) in [7, 11) is 0.